The summed E-state index contributed by atoms with van der Waals surface area (Å²) in [5.74, 6) is 3.50. The minimum atomic E-state index is -0.475. The lowest BCUT2D eigenvalue weighted by Crippen LogP contribution is -2.32. The Bertz CT molecular complexity index is 1480. The number of anilines is 1. The number of hydrogen-bond donors (Lipinski definition) is 1. The molecule has 6 rings (SSSR count). The summed E-state index contributed by atoms with van der Waals surface area (Å²) in [6.45, 7) is 2.07. The number of aromatic nitrogens is 3. The number of rotatable bonds is 5. The lowest BCUT2D eigenvalue weighted by molar-refractivity contribution is 0.216. The first-order chi connectivity index (χ1) is 17.6. The van der Waals surface area contributed by atoms with Crippen LogP contribution in [-0.4, -0.2) is 36.1 Å². The first-order valence-electron chi connectivity index (χ1n) is 11.7. The molecule has 0 saturated heterocycles. The van der Waals surface area contributed by atoms with Gasteiger partial charge >= 0.3 is 0 Å². The topological polar surface area (TPSA) is 79.7 Å². The van der Waals surface area contributed by atoms with Gasteiger partial charge in [0.1, 0.15) is 23.9 Å². The number of aryl methyl sites for hydroxylation is 1. The molecule has 4 aromatic rings. The highest BCUT2D eigenvalue weighted by Crippen LogP contribution is 2.53. The standard InChI is InChI=1S/C28H26N4O4/c1-16-8-13-21-20(14-16)24-23(27(36-21)19-6-5-7-22(34-3)26(19)35-4)25(32-28(31-24)29-15-30-32)17-9-11-18(33-2)12-10-17/h5-15,25,27H,1-4H3,(H,29,30,31)/t25-,27-/m0/s1. The molecule has 1 aromatic heterocycles. The third-order valence-corrected chi connectivity index (χ3v) is 6.72. The lowest BCUT2D eigenvalue weighted by Gasteiger charge is -2.39. The molecule has 182 valence electrons. The monoisotopic (exact) mass is 482 g/mol. The zero-order valence-electron chi connectivity index (χ0n) is 20.5. The van der Waals surface area contributed by atoms with E-state index in [2.05, 4.69) is 46.6 Å². The summed E-state index contributed by atoms with van der Waals surface area (Å²) in [6.07, 6.45) is 1.09. The predicted octanol–water partition coefficient (Wildman–Crippen LogP) is 5.17. The molecule has 2 aliphatic heterocycles. The fraction of sp³-hybridized carbons (Fsp3) is 0.214. The Hall–Kier alpha value is -4.46. The van der Waals surface area contributed by atoms with Gasteiger partial charge in [0, 0.05) is 16.7 Å². The number of methoxy groups -OCH3 is 3. The Labute approximate surface area is 209 Å². The molecule has 0 bridgehead atoms. The van der Waals surface area contributed by atoms with Crippen LogP contribution in [0.25, 0.3) is 5.70 Å². The largest absolute Gasteiger partial charge is 0.497 e. The van der Waals surface area contributed by atoms with Crippen molar-refractivity contribution in [2.45, 2.75) is 19.1 Å². The van der Waals surface area contributed by atoms with E-state index in [0.717, 1.165) is 45.0 Å². The van der Waals surface area contributed by atoms with Gasteiger partial charge in [0.2, 0.25) is 5.95 Å². The number of nitrogens with zero attached hydrogens (tertiary/aromatic N) is 3. The van der Waals surface area contributed by atoms with E-state index >= 15 is 0 Å². The van der Waals surface area contributed by atoms with E-state index in [1.165, 1.54) is 0 Å². The van der Waals surface area contributed by atoms with Gasteiger partial charge in [0.05, 0.1) is 27.0 Å². The average Bonchev–Trinajstić information content (AvgIpc) is 3.39. The van der Waals surface area contributed by atoms with E-state index in [9.17, 15) is 0 Å². The van der Waals surface area contributed by atoms with Gasteiger partial charge in [-0.2, -0.15) is 10.1 Å². The molecule has 36 heavy (non-hydrogen) atoms. The van der Waals surface area contributed by atoms with Crippen LogP contribution in [0.3, 0.4) is 0 Å². The van der Waals surface area contributed by atoms with Crippen molar-refractivity contribution in [3.05, 3.63) is 94.8 Å². The molecule has 2 atom stereocenters. The Morgan fingerprint density at radius 3 is 2.53 bits per heavy atom. The van der Waals surface area contributed by atoms with Gasteiger partial charge in [0.15, 0.2) is 17.6 Å². The first-order valence-corrected chi connectivity index (χ1v) is 11.7. The molecule has 0 amide bonds. The van der Waals surface area contributed by atoms with Gasteiger partial charge in [-0.3, -0.25) is 0 Å². The van der Waals surface area contributed by atoms with Gasteiger partial charge < -0.3 is 24.3 Å². The van der Waals surface area contributed by atoms with Crippen LogP contribution in [0.15, 0.2) is 72.6 Å². The number of hydrogen-bond acceptors (Lipinski definition) is 7. The van der Waals surface area contributed by atoms with Crippen molar-refractivity contribution in [1.29, 1.82) is 0 Å². The zero-order chi connectivity index (χ0) is 24.8. The van der Waals surface area contributed by atoms with Gasteiger partial charge in [0.25, 0.3) is 0 Å². The lowest BCUT2D eigenvalue weighted by atomic mass is 9.84. The smallest absolute Gasteiger partial charge is 0.226 e. The number of fused-ring (bicyclic) bond motifs is 3. The van der Waals surface area contributed by atoms with E-state index in [0.29, 0.717) is 17.4 Å². The quantitative estimate of drug-likeness (QED) is 0.420. The fourth-order valence-corrected chi connectivity index (χ4v) is 5.07. The Kier molecular flexibility index (Phi) is 5.29. The van der Waals surface area contributed by atoms with Crippen molar-refractivity contribution < 1.29 is 18.9 Å². The molecule has 8 heteroatoms. The molecule has 0 saturated carbocycles. The van der Waals surface area contributed by atoms with Crippen LogP contribution in [0.1, 0.15) is 34.4 Å². The Balaban J connectivity index is 1.63. The third-order valence-electron chi connectivity index (χ3n) is 6.72. The summed E-state index contributed by atoms with van der Waals surface area (Å²) in [6, 6.07) is 19.8. The maximum Gasteiger partial charge on any atom is 0.226 e. The van der Waals surface area contributed by atoms with Crippen LogP contribution in [0.4, 0.5) is 5.95 Å². The van der Waals surface area contributed by atoms with Gasteiger partial charge in [-0.1, -0.05) is 35.9 Å². The van der Waals surface area contributed by atoms with Crippen LogP contribution in [0.5, 0.6) is 23.0 Å². The molecule has 1 N–H and O–H groups in total. The van der Waals surface area contributed by atoms with Crippen LogP contribution >= 0.6 is 0 Å². The van der Waals surface area contributed by atoms with E-state index in [1.54, 1.807) is 27.7 Å². The second-order valence-corrected chi connectivity index (χ2v) is 8.74. The van der Waals surface area contributed by atoms with E-state index < -0.39 is 6.10 Å². The van der Waals surface area contributed by atoms with Crippen molar-refractivity contribution >= 4 is 11.6 Å². The van der Waals surface area contributed by atoms with E-state index in [1.807, 2.05) is 41.1 Å². The minimum absolute atomic E-state index is 0.278. The van der Waals surface area contributed by atoms with Gasteiger partial charge in [-0.15, -0.1) is 0 Å². The van der Waals surface area contributed by atoms with Crippen molar-refractivity contribution in [3.8, 4) is 23.0 Å². The minimum Gasteiger partial charge on any atom is -0.497 e. The van der Waals surface area contributed by atoms with Crippen molar-refractivity contribution in [2.24, 2.45) is 0 Å². The third kappa shape index (κ3) is 3.37. The van der Waals surface area contributed by atoms with Crippen LogP contribution in [0.2, 0.25) is 0 Å². The molecule has 0 spiro atoms. The summed E-state index contributed by atoms with van der Waals surface area (Å²) in [5, 5.41) is 8.13. The number of nitrogens with one attached hydrogen (secondary N) is 1. The maximum atomic E-state index is 6.75. The number of ether oxygens (including phenoxy) is 4. The number of benzene rings is 3. The van der Waals surface area contributed by atoms with Gasteiger partial charge in [-0.25, -0.2) is 4.68 Å². The normalized spacial score (nSPS) is 17.8. The number of para-hydroxylation sites is 1. The van der Waals surface area contributed by atoms with E-state index in [4.69, 9.17) is 18.9 Å². The second kappa shape index (κ2) is 8.64. The summed E-state index contributed by atoms with van der Waals surface area (Å²) < 4.78 is 25.5. The SMILES string of the molecule is COc1ccc([C@H]2C3=C(Nc4ncnn42)c2cc(C)ccc2O[C@H]3c2cccc(OC)c2OC)cc1. The molecular weight excluding hydrogens is 456 g/mol. The summed E-state index contributed by atoms with van der Waals surface area (Å²) in [5.41, 5.74) is 5.97. The first kappa shape index (κ1) is 22.0. The predicted molar refractivity (Wildman–Crippen MR) is 136 cm³/mol. The highest BCUT2D eigenvalue weighted by atomic mass is 16.5. The molecular formula is C28H26N4O4. The Morgan fingerprint density at radius 1 is 0.944 bits per heavy atom. The van der Waals surface area contributed by atoms with Crippen LogP contribution < -0.4 is 24.3 Å². The molecule has 0 unspecified atom stereocenters. The molecule has 3 aromatic carbocycles. The molecule has 0 aliphatic carbocycles. The molecule has 8 nitrogen and oxygen atoms in total. The van der Waals surface area contributed by atoms with Crippen LogP contribution in [-0.2, 0) is 0 Å². The summed E-state index contributed by atoms with van der Waals surface area (Å²) in [7, 11) is 4.94. The molecule has 2 aliphatic rings. The van der Waals surface area contributed by atoms with Crippen molar-refractivity contribution in [3.63, 3.8) is 0 Å². The summed E-state index contributed by atoms with van der Waals surface area (Å²) >= 11 is 0. The van der Waals surface area contributed by atoms with Crippen molar-refractivity contribution in [2.75, 3.05) is 26.6 Å². The second-order valence-electron chi connectivity index (χ2n) is 8.74. The van der Waals surface area contributed by atoms with Gasteiger partial charge in [-0.05, 0) is 42.8 Å². The molecule has 0 radical (unpaired) electrons. The molecule has 3 heterocycles. The average molecular weight is 483 g/mol. The fourth-order valence-electron chi connectivity index (χ4n) is 5.07. The molecule has 0 fully saturated rings. The highest BCUT2D eigenvalue weighted by molar-refractivity contribution is 5.85. The summed E-state index contributed by atoms with van der Waals surface area (Å²) in [4.78, 5) is 4.51. The maximum absolute atomic E-state index is 6.75. The van der Waals surface area contributed by atoms with Crippen molar-refractivity contribution in [1.82, 2.24) is 14.8 Å². The van der Waals surface area contributed by atoms with Crippen LogP contribution in [0, 0.1) is 6.92 Å². The zero-order valence-corrected chi connectivity index (χ0v) is 20.5. The highest BCUT2D eigenvalue weighted by Gasteiger charge is 2.42. The Morgan fingerprint density at radius 2 is 1.78 bits per heavy atom. The van der Waals surface area contributed by atoms with E-state index in [-0.39, 0.29) is 6.04 Å².